The Morgan fingerprint density at radius 1 is 1.30 bits per heavy atom. The monoisotopic (exact) mass is 526 g/mol. The van der Waals surface area contributed by atoms with Gasteiger partial charge in [0.25, 0.3) is 0 Å². The molecule has 0 radical (unpaired) electrons. The quantitative estimate of drug-likeness (QED) is 0.360. The van der Waals surface area contributed by atoms with Gasteiger partial charge in [0, 0.05) is 18.1 Å². The fraction of sp³-hybridized carbons (Fsp3) is 0.250. The molecule has 0 spiro atoms. The molecule has 174 valence electrons. The molecule has 0 aliphatic rings. The number of carbonyl (C=O) groups excluding carboxylic acids is 1. The third-order valence-electron chi connectivity index (χ3n) is 4.88. The molecule has 2 heterocycles. The first kappa shape index (κ1) is 23.8. The lowest BCUT2D eigenvalue weighted by Crippen LogP contribution is -2.44. The summed E-state index contributed by atoms with van der Waals surface area (Å²) in [6.07, 6.45) is 2.14. The summed E-state index contributed by atoms with van der Waals surface area (Å²) in [5, 5.41) is 3.60. The Balaban J connectivity index is 1.58. The molecule has 0 saturated heterocycles. The standard InChI is InChI=1S/C20H19ClN4O5S3/c1-25-15-6-4-12(10-16(15)30-20(25)27)33(28,29)24-14(7-8-31-2)18(26)23-19-22-13-5-3-11(21)9-17(13)32-19/h3-6,9-10,14,24H,7-8H2,1-2H3,(H,22,23,26)/t14-/m1/s1. The van der Waals surface area contributed by atoms with Crippen LogP contribution >= 0.6 is 34.7 Å². The number of sulfonamides is 1. The molecule has 0 aliphatic heterocycles. The van der Waals surface area contributed by atoms with E-state index in [2.05, 4.69) is 15.0 Å². The number of anilines is 1. The topological polar surface area (TPSA) is 123 Å². The van der Waals surface area contributed by atoms with Crippen LogP contribution in [-0.4, -0.2) is 41.9 Å². The lowest BCUT2D eigenvalue weighted by atomic mass is 10.2. The normalized spacial score (nSPS) is 12.9. The Hall–Kier alpha value is -2.38. The van der Waals surface area contributed by atoms with Crippen molar-refractivity contribution in [1.29, 1.82) is 0 Å². The predicted molar refractivity (Wildman–Crippen MR) is 132 cm³/mol. The van der Waals surface area contributed by atoms with Crippen molar-refractivity contribution in [2.24, 2.45) is 7.05 Å². The number of amides is 1. The molecular weight excluding hydrogens is 508 g/mol. The lowest BCUT2D eigenvalue weighted by molar-refractivity contribution is -0.117. The fourth-order valence-electron chi connectivity index (χ4n) is 3.16. The maximum atomic E-state index is 13.0. The fourth-order valence-corrected chi connectivity index (χ4v) is 6.02. The molecule has 0 bridgehead atoms. The van der Waals surface area contributed by atoms with Crippen molar-refractivity contribution in [3.05, 3.63) is 52.0 Å². The van der Waals surface area contributed by atoms with Crippen LogP contribution in [0.4, 0.5) is 5.13 Å². The minimum atomic E-state index is -4.08. The Morgan fingerprint density at radius 2 is 2.09 bits per heavy atom. The second-order valence-electron chi connectivity index (χ2n) is 7.13. The molecule has 0 unspecified atom stereocenters. The summed E-state index contributed by atoms with van der Waals surface area (Å²) in [6.45, 7) is 0. The molecule has 0 aliphatic carbocycles. The Kier molecular flexibility index (Phi) is 6.82. The van der Waals surface area contributed by atoms with Crippen LogP contribution in [0.25, 0.3) is 21.3 Å². The van der Waals surface area contributed by atoms with Gasteiger partial charge in [-0.2, -0.15) is 16.5 Å². The second-order valence-corrected chi connectivity index (χ2v) is 11.3. The third-order valence-corrected chi connectivity index (χ3v) is 8.16. The molecular formula is C20H19ClN4O5S3. The van der Waals surface area contributed by atoms with E-state index >= 15 is 0 Å². The first-order chi connectivity index (χ1) is 15.7. The average molecular weight is 527 g/mol. The molecule has 2 N–H and O–H groups in total. The highest BCUT2D eigenvalue weighted by Gasteiger charge is 2.27. The van der Waals surface area contributed by atoms with Crippen LogP contribution in [-0.2, 0) is 21.9 Å². The predicted octanol–water partition coefficient (Wildman–Crippen LogP) is 3.43. The van der Waals surface area contributed by atoms with Crippen LogP contribution in [0.5, 0.6) is 0 Å². The number of hydrogen-bond donors (Lipinski definition) is 2. The summed E-state index contributed by atoms with van der Waals surface area (Å²) < 4.78 is 35.7. The number of benzene rings is 2. The number of nitrogens with zero attached hydrogens (tertiary/aromatic N) is 2. The highest BCUT2D eigenvalue weighted by atomic mass is 35.5. The minimum absolute atomic E-state index is 0.110. The largest absolute Gasteiger partial charge is 0.419 e. The van der Waals surface area contributed by atoms with Gasteiger partial charge in [-0.05, 0) is 48.8 Å². The number of aromatic nitrogens is 2. The van der Waals surface area contributed by atoms with Crippen LogP contribution in [0.2, 0.25) is 5.02 Å². The van der Waals surface area contributed by atoms with E-state index < -0.39 is 27.7 Å². The Labute approximate surface area is 202 Å². The number of rotatable bonds is 8. The molecule has 1 amide bonds. The number of thioether (sulfide) groups is 1. The first-order valence-electron chi connectivity index (χ1n) is 9.66. The average Bonchev–Trinajstić information content (AvgIpc) is 3.29. The van der Waals surface area contributed by atoms with E-state index in [-0.39, 0.29) is 16.9 Å². The molecule has 0 saturated carbocycles. The zero-order chi connectivity index (χ0) is 23.8. The van der Waals surface area contributed by atoms with Crippen LogP contribution in [0.3, 0.4) is 0 Å². The number of thiazole rings is 1. The molecule has 1 atom stereocenters. The first-order valence-corrected chi connectivity index (χ1v) is 13.7. The van der Waals surface area contributed by atoms with E-state index in [0.29, 0.717) is 26.9 Å². The van der Waals surface area contributed by atoms with Crippen molar-refractivity contribution in [2.75, 3.05) is 17.3 Å². The van der Waals surface area contributed by atoms with Gasteiger partial charge >= 0.3 is 5.76 Å². The van der Waals surface area contributed by atoms with E-state index in [1.807, 2.05) is 6.26 Å². The minimum Gasteiger partial charge on any atom is -0.408 e. The van der Waals surface area contributed by atoms with Gasteiger partial charge in [-0.25, -0.2) is 18.2 Å². The van der Waals surface area contributed by atoms with E-state index in [1.165, 1.54) is 52.9 Å². The number of nitrogens with one attached hydrogen (secondary N) is 2. The van der Waals surface area contributed by atoms with Gasteiger partial charge in [-0.3, -0.25) is 9.36 Å². The van der Waals surface area contributed by atoms with Gasteiger partial charge in [-0.15, -0.1) is 0 Å². The van der Waals surface area contributed by atoms with Crippen LogP contribution in [0.1, 0.15) is 6.42 Å². The molecule has 4 rings (SSSR count). The number of halogens is 1. The molecule has 2 aromatic heterocycles. The molecule has 0 fully saturated rings. The maximum Gasteiger partial charge on any atom is 0.419 e. The van der Waals surface area contributed by atoms with E-state index in [9.17, 15) is 18.0 Å². The molecule has 9 nitrogen and oxygen atoms in total. The SMILES string of the molecule is CSCC[C@@H](NS(=O)(=O)c1ccc2c(c1)oc(=O)n2C)C(=O)Nc1nc2ccc(Cl)cc2s1. The highest BCUT2D eigenvalue weighted by Crippen LogP contribution is 2.28. The summed E-state index contributed by atoms with van der Waals surface area (Å²) in [6, 6.07) is 8.28. The van der Waals surface area contributed by atoms with E-state index in [4.69, 9.17) is 16.0 Å². The number of aryl methyl sites for hydroxylation is 1. The number of oxazole rings is 1. The van der Waals surface area contributed by atoms with Gasteiger partial charge in [0.1, 0.15) is 6.04 Å². The number of fused-ring (bicyclic) bond motifs is 2. The van der Waals surface area contributed by atoms with Crippen molar-refractivity contribution in [3.63, 3.8) is 0 Å². The smallest absolute Gasteiger partial charge is 0.408 e. The van der Waals surface area contributed by atoms with Crippen molar-refractivity contribution < 1.29 is 17.6 Å². The van der Waals surface area contributed by atoms with Crippen LogP contribution < -0.4 is 15.8 Å². The van der Waals surface area contributed by atoms with Gasteiger partial charge in [0.05, 0.1) is 20.6 Å². The summed E-state index contributed by atoms with van der Waals surface area (Å²) >= 11 is 8.74. The molecule has 2 aromatic carbocycles. The van der Waals surface area contributed by atoms with E-state index in [1.54, 1.807) is 18.2 Å². The number of hydrogen-bond acceptors (Lipinski definition) is 8. The van der Waals surface area contributed by atoms with Gasteiger partial charge in [-0.1, -0.05) is 22.9 Å². The van der Waals surface area contributed by atoms with Crippen LogP contribution in [0, 0.1) is 0 Å². The summed E-state index contributed by atoms with van der Waals surface area (Å²) in [5.74, 6) is -0.560. The van der Waals surface area contributed by atoms with Gasteiger partial charge in [0.15, 0.2) is 10.7 Å². The van der Waals surface area contributed by atoms with Crippen molar-refractivity contribution in [1.82, 2.24) is 14.3 Å². The Morgan fingerprint density at radius 3 is 2.85 bits per heavy atom. The summed E-state index contributed by atoms with van der Waals surface area (Å²) in [7, 11) is -2.55. The van der Waals surface area contributed by atoms with Crippen molar-refractivity contribution in [3.8, 4) is 0 Å². The van der Waals surface area contributed by atoms with Gasteiger partial charge in [0.2, 0.25) is 15.9 Å². The molecule has 4 aromatic rings. The third kappa shape index (κ3) is 5.09. The molecule has 33 heavy (non-hydrogen) atoms. The van der Waals surface area contributed by atoms with Gasteiger partial charge < -0.3 is 9.73 Å². The van der Waals surface area contributed by atoms with Crippen molar-refractivity contribution >= 4 is 77.1 Å². The van der Waals surface area contributed by atoms with Crippen LogP contribution in [0.15, 0.2) is 50.5 Å². The summed E-state index contributed by atoms with van der Waals surface area (Å²) in [4.78, 5) is 28.9. The highest BCUT2D eigenvalue weighted by molar-refractivity contribution is 7.98. The Bertz CT molecular complexity index is 1510. The zero-order valence-corrected chi connectivity index (χ0v) is 20.7. The summed E-state index contributed by atoms with van der Waals surface area (Å²) in [5.41, 5.74) is 1.29. The second kappa shape index (κ2) is 9.47. The van der Waals surface area contributed by atoms with E-state index in [0.717, 1.165) is 4.70 Å². The number of carbonyl (C=O) groups is 1. The van der Waals surface area contributed by atoms with Crippen molar-refractivity contribution in [2.45, 2.75) is 17.4 Å². The maximum absolute atomic E-state index is 13.0. The zero-order valence-electron chi connectivity index (χ0n) is 17.5. The molecule has 13 heteroatoms. The lowest BCUT2D eigenvalue weighted by Gasteiger charge is -2.17.